The zero-order valence-electron chi connectivity index (χ0n) is 12.3. The Morgan fingerprint density at radius 1 is 1.45 bits per heavy atom. The van der Waals surface area contributed by atoms with E-state index in [9.17, 15) is 9.59 Å². The molecule has 2 heterocycles. The Morgan fingerprint density at radius 3 is 3.09 bits per heavy atom. The molecule has 5 nitrogen and oxygen atoms in total. The molecule has 3 N–H and O–H groups in total. The van der Waals surface area contributed by atoms with Crippen molar-refractivity contribution in [2.75, 3.05) is 23.5 Å². The van der Waals surface area contributed by atoms with E-state index in [1.54, 1.807) is 23.5 Å². The van der Waals surface area contributed by atoms with Gasteiger partial charge >= 0.3 is 0 Å². The third-order valence-electron chi connectivity index (χ3n) is 3.72. The van der Waals surface area contributed by atoms with E-state index in [4.69, 9.17) is 0 Å². The van der Waals surface area contributed by atoms with E-state index >= 15 is 0 Å². The lowest BCUT2D eigenvalue weighted by Crippen LogP contribution is -2.42. The first-order chi connectivity index (χ1) is 10.6. The molecule has 1 fully saturated rings. The van der Waals surface area contributed by atoms with Crippen molar-refractivity contribution in [2.45, 2.75) is 29.5 Å². The Bertz CT molecular complexity index is 588. The van der Waals surface area contributed by atoms with Crippen LogP contribution in [-0.2, 0) is 16.0 Å². The Morgan fingerprint density at radius 2 is 2.32 bits per heavy atom. The van der Waals surface area contributed by atoms with Gasteiger partial charge < -0.3 is 10.6 Å². The molecule has 2 aliphatic rings. The minimum Gasteiger partial charge on any atom is -0.354 e. The van der Waals surface area contributed by atoms with Crippen LogP contribution in [0.4, 0.5) is 5.69 Å². The van der Waals surface area contributed by atoms with Crippen LogP contribution in [0, 0.1) is 0 Å². The monoisotopic (exact) mass is 337 g/mol. The number of nitrogens with one attached hydrogen (secondary N) is 3. The molecule has 1 aromatic rings. The average molecular weight is 337 g/mol. The van der Waals surface area contributed by atoms with Gasteiger partial charge in [-0.05, 0) is 31.0 Å². The van der Waals surface area contributed by atoms with Crippen LogP contribution in [-0.4, -0.2) is 41.3 Å². The summed E-state index contributed by atoms with van der Waals surface area (Å²) in [5.41, 5.74) is 1.99. The second-order valence-electron chi connectivity index (χ2n) is 5.39. The molecule has 2 unspecified atom stereocenters. The molecule has 2 amide bonds. The van der Waals surface area contributed by atoms with E-state index in [1.807, 2.05) is 19.1 Å². The van der Waals surface area contributed by atoms with Gasteiger partial charge in [0.25, 0.3) is 0 Å². The smallest absolute Gasteiger partial charge is 0.238 e. The number of amides is 2. The second-order valence-corrected chi connectivity index (χ2v) is 7.81. The van der Waals surface area contributed by atoms with Gasteiger partial charge in [-0.3, -0.25) is 14.9 Å². The van der Waals surface area contributed by atoms with Crippen molar-refractivity contribution < 1.29 is 9.59 Å². The van der Waals surface area contributed by atoms with Crippen LogP contribution in [0.1, 0.15) is 12.5 Å². The molecule has 7 heteroatoms. The predicted molar refractivity (Wildman–Crippen MR) is 91.4 cm³/mol. The fourth-order valence-electron chi connectivity index (χ4n) is 2.43. The molecule has 0 aliphatic carbocycles. The predicted octanol–water partition coefficient (Wildman–Crippen LogP) is 1.44. The minimum atomic E-state index is -0.0642. The highest BCUT2D eigenvalue weighted by Gasteiger charge is 2.23. The van der Waals surface area contributed by atoms with E-state index in [-0.39, 0.29) is 23.1 Å². The number of hydrogen-bond acceptors (Lipinski definition) is 5. The Labute approximate surface area is 138 Å². The fourth-order valence-corrected chi connectivity index (χ4v) is 4.30. The number of rotatable bonds is 4. The van der Waals surface area contributed by atoms with Gasteiger partial charge in [-0.1, -0.05) is 6.07 Å². The fraction of sp³-hybridized carbons (Fsp3) is 0.467. The lowest BCUT2D eigenvalue weighted by atomic mass is 10.1. The summed E-state index contributed by atoms with van der Waals surface area (Å²) in [7, 11) is 0. The highest BCUT2D eigenvalue weighted by molar-refractivity contribution is 8.01. The number of benzene rings is 1. The maximum Gasteiger partial charge on any atom is 0.238 e. The van der Waals surface area contributed by atoms with Crippen LogP contribution >= 0.6 is 23.5 Å². The second kappa shape index (κ2) is 6.93. The summed E-state index contributed by atoms with van der Waals surface area (Å²) < 4.78 is 0. The Kier molecular flexibility index (Phi) is 4.95. The van der Waals surface area contributed by atoms with Gasteiger partial charge in [-0.2, -0.15) is 0 Å². The standard InChI is InChI=1S/C15H19N3O2S2/c1-9-14(19)18-11-6-10(2-3-13(11)22-9)4-5-16-15(20)12-7-21-8-17-12/h2-3,6,9,12,17H,4-5,7-8H2,1H3,(H,16,20)(H,18,19). The van der Waals surface area contributed by atoms with Crippen molar-refractivity contribution in [3.63, 3.8) is 0 Å². The molecule has 0 spiro atoms. The Hall–Kier alpha value is -1.18. The lowest BCUT2D eigenvalue weighted by molar-refractivity contribution is -0.122. The number of anilines is 1. The molecule has 0 radical (unpaired) electrons. The van der Waals surface area contributed by atoms with Crippen molar-refractivity contribution in [2.24, 2.45) is 0 Å². The van der Waals surface area contributed by atoms with E-state index in [0.29, 0.717) is 6.54 Å². The zero-order chi connectivity index (χ0) is 15.5. The Balaban J connectivity index is 1.54. The normalized spacial score (nSPS) is 23.8. The number of hydrogen-bond donors (Lipinski definition) is 3. The summed E-state index contributed by atoms with van der Waals surface area (Å²) in [5.74, 6) is 1.80. The molecule has 1 saturated heterocycles. The van der Waals surface area contributed by atoms with Crippen LogP contribution in [0.15, 0.2) is 23.1 Å². The van der Waals surface area contributed by atoms with Gasteiger partial charge in [0, 0.05) is 23.1 Å². The van der Waals surface area contributed by atoms with Gasteiger partial charge in [0.05, 0.1) is 17.0 Å². The quantitative estimate of drug-likeness (QED) is 0.776. The van der Waals surface area contributed by atoms with Crippen molar-refractivity contribution in [1.29, 1.82) is 0 Å². The van der Waals surface area contributed by atoms with Gasteiger partial charge in [0.1, 0.15) is 0 Å². The van der Waals surface area contributed by atoms with Crippen LogP contribution < -0.4 is 16.0 Å². The van der Waals surface area contributed by atoms with Crippen LogP contribution in [0.5, 0.6) is 0 Å². The third kappa shape index (κ3) is 3.59. The van der Waals surface area contributed by atoms with E-state index in [2.05, 4.69) is 22.0 Å². The van der Waals surface area contributed by atoms with Crippen LogP contribution in [0.3, 0.4) is 0 Å². The van der Waals surface area contributed by atoms with E-state index in [0.717, 1.165) is 34.2 Å². The molecule has 22 heavy (non-hydrogen) atoms. The molecule has 3 rings (SSSR count). The van der Waals surface area contributed by atoms with Crippen molar-refractivity contribution >= 4 is 41.0 Å². The topological polar surface area (TPSA) is 70.2 Å². The SMILES string of the molecule is CC1Sc2ccc(CCNC(=O)C3CSCN3)cc2NC1=O. The van der Waals surface area contributed by atoms with Gasteiger partial charge in [0.15, 0.2) is 0 Å². The summed E-state index contributed by atoms with van der Waals surface area (Å²) in [5, 5.41) is 9.00. The van der Waals surface area contributed by atoms with Crippen LogP contribution in [0.25, 0.3) is 0 Å². The summed E-state index contributed by atoms with van der Waals surface area (Å²) >= 11 is 3.32. The molecular formula is C15H19N3O2S2. The molecular weight excluding hydrogens is 318 g/mol. The summed E-state index contributed by atoms with van der Waals surface area (Å²) in [6.07, 6.45) is 0.759. The maximum absolute atomic E-state index is 11.9. The minimum absolute atomic E-state index is 0.0468. The van der Waals surface area contributed by atoms with E-state index in [1.165, 1.54) is 0 Å². The molecule has 2 aliphatic heterocycles. The van der Waals surface area contributed by atoms with E-state index < -0.39 is 0 Å². The summed E-state index contributed by atoms with van der Waals surface area (Å²) in [6.45, 7) is 2.51. The first-order valence-electron chi connectivity index (χ1n) is 7.33. The van der Waals surface area contributed by atoms with Crippen molar-refractivity contribution in [3.8, 4) is 0 Å². The lowest BCUT2D eigenvalue weighted by Gasteiger charge is -2.22. The highest BCUT2D eigenvalue weighted by Crippen LogP contribution is 2.35. The molecule has 118 valence electrons. The average Bonchev–Trinajstić information content (AvgIpc) is 3.03. The highest BCUT2D eigenvalue weighted by atomic mass is 32.2. The number of thioether (sulfide) groups is 2. The summed E-state index contributed by atoms with van der Waals surface area (Å²) in [6, 6.07) is 6.04. The first kappa shape index (κ1) is 15.7. The largest absolute Gasteiger partial charge is 0.354 e. The van der Waals surface area contributed by atoms with Gasteiger partial charge in [-0.25, -0.2) is 0 Å². The molecule has 0 saturated carbocycles. The van der Waals surface area contributed by atoms with Crippen molar-refractivity contribution in [3.05, 3.63) is 23.8 Å². The van der Waals surface area contributed by atoms with Gasteiger partial charge in [-0.15, -0.1) is 23.5 Å². The number of carbonyl (C=O) groups is 2. The molecule has 0 bridgehead atoms. The maximum atomic E-state index is 11.9. The first-order valence-corrected chi connectivity index (χ1v) is 9.36. The summed E-state index contributed by atoms with van der Waals surface area (Å²) in [4.78, 5) is 24.7. The van der Waals surface area contributed by atoms with Gasteiger partial charge in [0.2, 0.25) is 11.8 Å². The molecule has 0 aromatic heterocycles. The third-order valence-corrected chi connectivity index (χ3v) is 5.84. The molecule has 1 aromatic carbocycles. The molecule has 2 atom stereocenters. The number of carbonyl (C=O) groups excluding carboxylic acids is 2. The zero-order valence-corrected chi connectivity index (χ0v) is 14.0. The number of fused-ring (bicyclic) bond motifs is 1. The van der Waals surface area contributed by atoms with Crippen molar-refractivity contribution in [1.82, 2.24) is 10.6 Å². The van der Waals surface area contributed by atoms with Crippen LogP contribution in [0.2, 0.25) is 0 Å².